The number of anilines is 3. The lowest BCUT2D eigenvalue weighted by atomic mass is 9.93. The van der Waals surface area contributed by atoms with Crippen molar-refractivity contribution in [2.75, 3.05) is 17.2 Å². The number of amides is 1. The van der Waals surface area contributed by atoms with Gasteiger partial charge in [-0.15, -0.1) is 0 Å². The zero-order valence-corrected chi connectivity index (χ0v) is 22.2. The van der Waals surface area contributed by atoms with Gasteiger partial charge in [-0.25, -0.2) is 4.98 Å². The Morgan fingerprint density at radius 1 is 1.15 bits per heavy atom. The molecule has 0 aliphatic carbocycles. The fraction of sp³-hybridized carbons (Fsp3) is 0.241. The second-order valence-corrected chi connectivity index (χ2v) is 10.2. The molecule has 0 aliphatic rings. The molecule has 0 atom stereocenters. The van der Waals surface area contributed by atoms with Crippen LogP contribution in [0, 0.1) is 18.8 Å². The van der Waals surface area contributed by atoms with Gasteiger partial charge in [-0.05, 0) is 42.7 Å². The van der Waals surface area contributed by atoms with E-state index in [0.29, 0.717) is 35.0 Å². The van der Waals surface area contributed by atoms with E-state index >= 15 is 0 Å². The molecule has 5 rings (SSSR count). The third-order valence-electron chi connectivity index (χ3n) is 6.09. The maximum atomic E-state index is 12.9. The van der Waals surface area contributed by atoms with Crippen LogP contribution in [-0.4, -0.2) is 41.9 Å². The van der Waals surface area contributed by atoms with Crippen molar-refractivity contribution in [1.29, 1.82) is 0 Å². The summed E-state index contributed by atoms with van der Waals surface area (Å²) in [6.07, 6.45) is 7.13. The second-order valence-electron chi connectivity index (χ2n) is 10.2. The first-order valence-corrected chi connectivity index (χ1v) is 12.5. The number of hydrogen-bond donors (Lipinski definition) is 3. The number of aliphatic hydroxyl groups is 1. The van der Waals surface area contributed by atoms with Gasteiger partial charge in [0.15, 0.2) is 11.5 Å². The molecule has 4 aromatic heterocycles. The molecule has 39 heavy (non-hydrogen) atoms. The summed E-state index contributed by atoms with van der Waals surface area (Å²) in [4.78, 5) is 17.4. The molecular formula is C29H29N7O3. The van der Waals surface area contributed by atoms with Gasteiger partial charge < -0.3 is 20.3 Å². The molecule has 0 saturated heterocycles. The van der Waals surface area contributed by atoms with E-state index in [1.54, 1.807) is 35.3 Å². The van der Waals surface area contributed by atoms with Gasteiger partial charge in [0.25, 0.3) is 5.91 Å². The Hall–Kier alpha value is -4.88. The number of aryl methyl sites for hydroxylation is 1. The zero-order valence-electron chi connectivity index (χ0n) is 22.2. The number of imidazole rings is 1. The molecular weight excluding hydrogens is 494 g/mol. The molecule has 0 unspecified atom stereocenters. The fourth-order valence-corrected chi connectivity index (χ4v) is 3.91. The van der Waals surface area contributed by atoms with Crippen LogP contribution in [0.25, 0.3) is 5.65 Å². The quantitative estimate of drug-likeness (QED) is 0.280. The van der Waals surface area contributed by atoms with Crippen molar-refractivity contribution in [3.05, 3.63) is 89.3 Å². The number of aliphatic hydroxyl groups excluding tert-OH is 1. The Balaban J connectivity index is 1.36. The minimum absolute atomic E-state index is 0.0198. The van der Waals surface area contributed by atoms with E-state index in [9.17, 15) is 4.79 Å². The highest BCUT2D eigenvalue weighted by atomic mass is 16.5. The van der Waals surface area contributed by atoms with Crippen LogP contribution in [0.1, 0.15) is 53.7 Å². The number of pyridine rings is 1. The maximum Gasteiger partial charge on any atom is 0.256 e. The number of nitrogens with one attached hydrogen (secondary N) is 2. The van der Waals surface area contributed by atoms with Gasteiger partial charge in [0.2, 0.25) is 0 Å². The van der Waals surface area contributed by atoms with E-state index in [1.165, 1.54) is 0 Å². The van der Waals surface area contributed by atoms with Crippen LogP contribution in [0.4, 0.5) is 17.2 Å². The third-order valence-corrected chi connectivity index (χ3v) is 6.09. The number of benzene rings is 1. The normalized spacial score (nSPS) is 11.3. The molecule has 0 bridgehead atoms. The third kappa shape index (κ3) is 5.68. The van der Waals surface area contributed by atoms with Crippen LogP contribution in [-0.2, 0) is 12.0 Å². The van der Waals surface area contributed by atoms with E-state index in [1.807, 2.05) is 62.7 Å². The van der Waals surface area contributed by atoms with Gasteiger partial charge >= 0.3 is 0 Å². The average molecular weight is 524 g/mol. The fourth-order valence-electron chi connectivity index (χ4n) is 3.91. The average Bonchev–Trinajstić information content (AvgIpc) is 3.64. The van der Waals surface area contributed by atoms with Crippen molar-refractivity contribution < 1.29 is 14.4 Å². The predicted molar refractivity (Wildman–Crippen MR) is 148 cm³/mol. The molecule has 0 saturated carbocycles. The van der Waals surface area contributed by atoms with Gasteiger partial charge in [0, 0.05) is 35.0 Å². The van der Waals surface area contributed by atoms with Gasteiger partial charge in [0.05, 0.1) is 36.9 Å². The molecule has 198 valence electrons. The summed E-state index contributed by atoms with van der Waals surface area (Å²) in [5.74, 6) is 7.16. The van der Waals surface area contributed by atoms with E-state index < -0.39 is 0 Å². The number of nitrogens with zero attached hydrogens (tertiary/aromatic N) is 5. The highest BCUT2D eigenvalue weighted by Gasteiger charge is 2.20. The number of carbonyl (C=O) groups is 1. The van der Waals surface area contributed by atoms with Crippen LogP contribution in [0.5, 0.6) is 0 Å². The molecule has 1 amide bonds. The summed E-state index contributed by atoms with van der Waals surface area (Å²) in [6, 6.07) is 11.0. The molecule has 0 aliphatic heterocycles. The largest absolute Gasteiger partial charge is 0.394 e. The molecule has 4 heterocycles. The number of carbonyl (C=O) groups excluding carboxylic acids is 1. The van der Waals surface area contributed by atoms with Crippen LogP contribution in [0.2, 0.25) is 0 Å². The van der Waals surface area contributed by atoms with Crippen molar-refractivity contribution in [3.63, 3.8) is 0 Å². The monoisotopic (exact) mass is 523 g/mol. The summed E-state index contributed by atoms with van der Waals surface area (Å²) in [5, 5.41) is 23.4. The molecule has 0 spiro atoms. The van der Waals surface area contributed by atoms with Crippen LogP contribution in [0.3, 0.4) is 0 Å². The van der Waals surface area contributed by atoms with Gasteiger partial charge in [-0.1, -0.05) is 37.9 Å². The molecule has 1 aromatic carbocycles. The molecule has 0 radical (unpaired) electrons. The van der Waals surface area contributed by atoms with Crippen molar-refractivity contribution in [1.82, 2.24) is 24.3 Å². The topological polar surface area (TPSA) is 123 Å². The van der Waals surface area contributed by atoms with Gasteiger partial charge in [-0.3, -0.25) is 13.9 Å². The van der Waals surface area contributed by atoms with Crippen LogP contribution >= 0.6 is 0 Å². The van der Waals surface area contributed by atoms with E-state index in [-0.39, 0.29) is 17.9 Å². The number of fused-ring (bicyclic) bond motifs is 1. The van der Waals surface area contributed by atoms with E-state index in [2.05, 4.69) is 37.7 Å². The lowest BCUT2D eigenvalue weighted by molar-refractivity contribution is 0.102. The minimum Gasteiger partial charge on any atom is -0.394 e. The smallest absolute Gasteiger partial charge is 0.256 e. The Morgan fingerprint density at radius 2 is 2.00 bits per heavy atom. The molecule has 3 N–H and O–H groups in total. The molecule has 0 fully saturated rings. The first-order valence-electron chi connectivity index (χ1n) is 12.5. The zero-order chi connectivity index (χ0) is 27.6. The SMILES string of the molecule is Cc1ccc(C(=O)Nc2cc(C(C)(C)C)on2)cc1C#Cc1cnc2c(Nc3cnn(CCO)c3)cccn12. The van der Waals surface area contributed by atoms with Crippen molar-refractivity contribution >= 4 is 28.7 Å². The number of rotatable bonds is 6. The van der Waals surface area contributed by atoms with Crippen LogP contribution < -0.4 is 10.6 Å². The first kappa shape index (κ1) is 25.8. The van der Waals surface area contributed by atoms with Crippen molar-refractivity contribution in [2.45, 2.75) is 39.7 Å². The standard InChI is InChI=1S/C29H29N7O3/c1-19-7-8-21(28(38)33-26-15-25(39-34-26)29(2,3)4)14-20(19)9-10-23-17-30-27-24(6-5-11-36(23)27)32-22-16-31-35(18-22)12-13-37/h5-8,11,14-18,32,37H,12-13H2,1-4H3,(H,33,34,38). The van der Waals surface area contributed by atoms with Crippen LogP contribution in [0.15, 0.2) is 65.7 Å². The minimum atomic E-state index is -0.292. The number of aromatic nitrogens is 5. The highest BCUT2D eigenvalue weighted by molar-refractivity contribution is 6.04. The van der Waals surface area contributed by atoms with Crippen molar-refractivity contribution in [3.8, 4) is 11.8 Å². The molecule has 10 heteroatoms. The molecule has 5 aromatic rings. The van der Waals surface area contributed by atoms with Gasteiger partial charge in [0.1, 0.15) is 11.5 Å². The lowest BCUT2D eigenvalue weighted by Crippen LogP contribution is -2.13. The Bertz CT molecular complexity index is 1710. The summed E-state index contributed by atoms with van der Waals surface area (Å²) < 4.78 is 8.93. The summed E-state index contributed by atoms with van der Waals surface area (Å²) in [6.45, 7) is 8.44. The first-order chi connectivity index (χ1) is 18.7. The Kier molecular flexibility index (Phi) is 6.92. The highest BCUT2D eigenvalue weighted by Crippen LogP contribution is 2.25. The lowest BCUT2D eigenvalue weighted by Gasteiger charge is -2.12. The maximum absolute atomic E-state index is 12.9. The Labute approximate surface area is 225 Å². The van der Waals surface area contributed by atoms with E-state index in [4.69, 9.17) is 9.63 Å². The number of hydrogen-bond acceptors (Lipinski definition) is 7. The predicted octanol–water partition coefficient (Wildman–Crippen LogP) is 4.51. The second kappa shape index (κ2) is 10.5. The van der Waals surface area contributed by atoms with Crippen molar-refractivity contribution in [2.24, 2.45) is 0 Å². The Morgan fingerprint density at radius 3 is 2.77 bits per heavy atom. The summed E-state index contributed by atoms with van der Waals surface area (Å²) in [5.41, 5.74) is 4.95. The molecule has 10 nitrogen and oxygen atoms in total. The van der Waals surface area contributed by atoms with E-state index in [0.717, 1.165) is 22.5 Å². The summed E-state index contributed by atoms with van der Waals surface area (Å²) >= 11 is 0. The summed E-state index contributed by atoms with van der Waals surface area (Å²) in [7, 11) is 0. The van der Waals surface area contributed by atoms with Gasteiger partial charge in [-0.2, -0.15) is 5.10 Å².